The van der Waals surface area contributed by atoms with Gasteiger partial charge in [0.2, 0.25) is 5.91 Å². The summed E-state index contributed by atoms with van der Waals surface area (Å²) in [6, 6.07) is 8.60. The van der Waals surface area contributed by atoms with Gasteiger partial charge in [-0.05, 0) is 55.7 Å². The average Bonchev–Trinajstić information content (AvgIpc) is 3.12. The Morgan fingerprint density at radius 2 is 1.88 bits per heavy atom. The molecule has 1 aromatic heterocycles. The maximum absolute atomic E-state index is 12.5. The number of furan rings is 1. The number of hydrogen-bond donors (Lipinski definition) is 3. The molecule has 1 heterocycles. The van der Waals surface area contributed by atoms with E-state index in [1.165, 1.54) is 6.26 Å². The van der Waals surface area contributed by atoms with E-state index in [0.29, 0.717) is 11.4 Å². The first-order valence-corrected chi connectivity index (χ1v) is 8.54. The van der Waals surface area contributed by atoms with Gasteiger partial charge in [0.05, 0.1) is 11.8 Å². The van der Waals surface area contributed by atoms with Crippen molar-refractivity contribution in [3.05, 3.63) is 47.9 Å². The fraction of sp³-hybridized carbons (Fsp3) is 0.368. The fourth-order valence-electron chi connectivity index (χ4n) is 3.14. The predicted molar refractivity (Wildman–Crippen MR) is 96.5 cm³/mol. The molecule has 0 spiro atoms. The van der Waals surface area contributed by atoms with E-state index < -0.39 is 5.54 Å². The first-order chi connectivity index (χ1) is 12.0. The largest absolute Gasteiger partial charge is 0.459 e. The van der Waals surface area contributed by atoms with Gasteiger partial charge >= 0.3 is 0 Å². The smallest absolute Gasteiger partial charge is 0.291 e. The Balaban J connectivity index is 1.67. The zero-order valence-electron chi connectivity index (χ0n) is 14.3. The molecular formula is C19H23N3O3. The number of nitrogens with one attached hydrogen (secondary N) is 2. The molecule has 1 aliphatic carbocycles. The van der Waals surface area contributed by atoms with Crippen LogP contribution in [0, 0.1) is 6.92 Å². The van der Waals surface area contributed by atoms with Crippen LogP contribution < -0.4 is 16.4 Å². The molecule has 132 valence electrons. The van der Waals surface area contributed by atoms with E-state index in [-0.39, 0.29) is 17.6 Å². The Labute approximate surface area is 146 Å². The highest BCUT2D eigenvalue weighted by atomic mass is 16.3. The summed E-state index contributed by atoms with van der Waals surface area (Å²) in [5.41, 5.74) is 7.66. The fourth-order valence-corrected chi connectivity index (χ4v) is 3.14. The van der Waals surface area contributed by atoms with E-state index in [0.717, 1.165) is 37.7 Å². The van der Waals surface area contributed by atoms with Gasteiger partial charge in [-0.2, -0.15) is 0 Å². The van der Waals surface area contributed by atoms with Gasteiger partial charge in [-0.3, -0.25) is 9.59 Å². The van der Waals surface area contributed by atoms with Crippen LogP contribution in [0.15, 0.2) is 41.0 Å². The van der Waals surface area contributed by atoms with Gasteiger partial charge < -0.3 is 20.8 Å². The van der Waals surface area contributed by atoms with Crippen molar-refractivity contribution in [2.75, 3.05) is 10.6 Å². The lowest BCUT2D eigenvalue weighted by atomic mass is 9.82. The van der Waals surface area contributed by atoms with E-state index >= 15 is 0 Å². The molecule has 0 bridgehead atoms. The van der Waals surface area contributed by atoms with E-state index in [9.17, 15) is 9.59 Å². The summed E-state index contributed by atoms with van der Waals surface area (Å²) < 4.78 is 5.08. The molecule has 6 heteroatoms. The molecule has 2 amide bonds. The summed E-state index contributed by atoms with van der Waals surface area (Å²) in [5, 5.41) is 5.70. The minimum atomic E-state index is -0.779. The Kier molecular flexibility index (Phi) is 4.90. The van der Waals surface area contributed by atoms with Crippen molar-refractivity contribution in [3.8, 4) is 0 Å². The highest BCUT2D eigenvalue weighted by Crippen LogP contribution is 2.28. The molecule has 0 radical (unpaired) electrons. The first kappa shape index (κ1) is 17.2. The van der Waals surface area contributed by atoms with Crippen molar-refractivity contribution >= 4 is 23.2 Å². The average molecular weight is 341 g/mol. The van der Waals surface area contributed by atoms with Crippen molar-refractivity contribution in [2.45, 2.75) is 44.6 Å². The number of carbonyl (C=O) groups excluding carboxylic acids is 2. The van der Waals surface area contributed by atoms with Crippen LogP contribution in [0.4, 0.5) is 11.4 Å². The molecule has 3 rings (SSSR count). The SMILES string of the molecule is Cc1cc(NC(=O)C2(N)CCCCC2)ccc1NC(=O)c1ccco1. The summed E-state index contributed by atoms with van der Waals surface area (Å²) in [7, 11) is 0. The minimum absolute atomic E-state index is 0.140. The quantitative estimate of drug-likeness (QED) is 0.793. The third kappa shape index (κ3) is 3.91. The molecule has 0 saturated heterocycles. The molecule has 1 aromatic carbocycles. The van der Waals surface area contributed by atoms with Crippen LogP contribution in [0.25, 0.3) is 0 Å². The molecular weight excluding hydrogens is 318 g/mol. The topological polar surface area (TPSA) is 97.4 Å². The van der Waals surface area contributed by atoms with Crippen molar-refractivity contribution in [2.24, 2.45) is 5.73 Å². The third-order valence-electron chi connectivity index (χ3n) is 4.68. The van der Waals surface area contributed by atoms with Gasteiger partial charge in [-0.15, -0.1) is 0 Å². The Bertz CT molecular complexity index is 762. The summed E-state index contributed by atoms with van der Waals surface area (Å²) in [6.07, 6.45) is 6.00. The molecule has 1 aliphatic rings. The van der Waals surface area contributed by atoms with Crippen molar-refractivity contribution in [3.63, 3.8) is 0 Å². The number of aryl methyl sites for hydroxylation is 1. The van der Waals surface area contributed by atoms with Crippen LogP contribution in [-0.4, -0.2) is 17.4 Å². The second-order valence-corrected chi connectivity index (χ2v) is 6.63. The van der Waals surface area contributed by atoms with E-state index in [1.807, 2.05) is 13.0 Å². The molecule has 0 aliphatic heterocycles. The zero-order valence-corrected chi connectivity index (χ0v) is 14.3. The minimum Gasteiger partial charge on any atom is -0.459 e. The van der Waals surface area contributed by atoms with Crippen LogP contribution >= 0.6 is 0 Å². The second kappa shape index (κ2) is 7.11. The lowest BCUT2D eigenvalue weighted by Gasteiger charge is -2.31. The van der Waals surface area contributed by atoms with Gasteiger partial charge in [-0.1, -0.05) is 19.3 Å². The normalized spacial score (nSPS) is 16.2. The predicted octanol–water partition coefficient (Wildman–Crippen LogP) is 3.44. The van der Waals surface area contributed by atoms with Gasteiger partial charge in [0, 0.05) is 11.4 Å². The monoisotopic (exact) mass is 341 g/mol. The van der Waals surface area contributed by atoms with Crippen LogP contribution in [-0.2, 0) is 4.79 Å². The van der Waals surface area contributed by atoms with Crippen LogP contribution in [0.3, 0.4) is 0 Å². The lowest BCUT2D eigenvalue weighted by molar-refractivity contribution is -0.122. The molecule has 2 aromatic rings. The number of amides is 2. The highest BCUT2D eigenvalue weighted by Gasteiger charge is 2.35. The number of benzene rings is 1. The van der Waals surface area contributed by atoms with Crippen LogP contribution in [0.1, 0.15) is 48.2 Å². The maximum Gasteiger partial charge on any atom is 0.291 e. The standard InChI is InChI=1S/C19H23N3O3/c1-13-12-14(21-18(24)19(20)9-3-2-4-10-19)7-8-15(13)22-17(23)16-6-5-11-25-16/h5-8,11-12H,2-4,9-10,20H2,1H3,(H,21,24)(H,22,23). The van der Waals surface area contributed by atoms with Crippen molar-refractivity contribution in [1.29, 1.82) is 0 Å². The van der Waals surface area contributed by atoms with Gasteiger partial charge in [0.1, 0.15) is 0 Å². The summed E-state index contributed by atoms with van der Waals surface area (Å²) >= 11 is 0. The highest BCUT2D eigenvalue weighted by molar-refractivity contribution is 6.03. The lowest BCUT2D eigenvalue weighted by Crippen LogP contribution is -2.52. The summed E-state index contributed by atoms with van der Waals surface area (Å²) in [4.78, 5) is 24.5. The second-order valence-electron chi connectivity index (χ2n) is 6.63. The Morgan fingerprint density at radius 1 is 1.12 bits per heavy atom. The molecule has 25 heavy (non-hydrogen) atoms. The number of hydrogen-bond acceptors (Lipinski definition) is 4. The van der Waals surface area contributed by atoms with E-state index in [2.05, 4.69) is 10.6 Å². The zero-order chi connectivity index (χ0) is 17.9. The number of anilines is 2. The van der Waals surface area contributed by atoms with Gasteiger partial charge in [0.15, 0.2) is 5.76 Å². The summed E-state index contributed by atoms with van der Waals surface area (Å²) in [5.74, 6) is -0.203. The van der Waals surface area contributed by atoms with Crippen molar-refractivity contribution in [1.82, 2.24) is 0 Å². The summed E-state index contributed by atoms with van der Waals surface area (Å²) in [6.45, 7) is 1.87. The van der Waals surface area contributed by atoms with Gasteiger partial charge in [-0.25, -0.2) is 0 Å². The Morgan fingerprint density at radius 3 is 2.52 bits per heavy atom. The molecule has 6 nitrogen and oxygen atoms in total. The van der Waals surface area contributed by atoms with Crippen LogP contribution in [0.2, 0.25) is 0 Å². The molecule has 0 unspecified atom stereocenters. The number of carbonyl (C=O) groups is 2. The third-order valence-corrected chi connectivity index (χ3v) is 4.68. The molecule has 4 N–H and O–H groups in total. The number of rotatable bonds is 4. The van der Waals surface area contributed by atoms with Gasteiger partial charge in [0.25, 0.3) is 5.91 Å². The van der Waals surface area contributed by atoms with Crippen LogP contribution in [0.5, 0.6) is 0 Å². The Hall–Kier alpha value is -2.60. The van der Waals surface area contributed by atoms with E-state index in [1.54, 1.807) is 24.3 Å². The van der Waals surface area contributed by atoms with Crippen molar-refractivity contribution < 1.29 is 14.0 Å². The molecule has 1 saturated carbocycles. The van der Waals surface area contributed by atoms with E-state index in [4.69, 9.17) is 10.2 Å². The molecule has 0 atom stereocenters. The maximum atomic E-state index is 12.5. The first-order valence-electron chi connectivity index (χ1n) is 8.54. The molecule has 1 fully saturated rings. The number of nitrogens with two attached hydrogens (primary N) is 1.